The van der Waals surface area contributed by atoms with E-state index in [0.717, 1.165) is 16.9 Å². The highest BCUT2D eigenvalue weighted by Crippen LogP contribution is 2.07. The van der Waals surface area contributed by atoms with Crippen LogP contribution in [0.5, 0.6) is 0 Å². The molecule has 0 atom stereocenters. The first kappa shape index (κ1) is 7.32. The summed E-state index contributed by atoms with van der Waals surface area (Å²) in [6.07, 6.45) is 3.66. The molecule has 0 aliphatic rings. The first-order valence-electron chi connectivity index (χ1n) is 4.43. The van der Waals surface area contributed by atoms with Crippen LogP contribution in [0.25, 0.3) is 16.9 Å². The molecule has 14 heavy (non-hydrogen) atoms. The second-order valence-electron chi connectivity index (χ2n) is 3.10. The maximum Gasteiger partial charge on any atom is 0.251 e. The number of para-hydroxylation sites is 2. The molecule has 3 rings (SSSR count). The zero-order valence-electron chi connectivity index (χ0n) is 7.44. The van der Waals surface area contributed by atoms with Crippen LogP contribution in [-0.2, 0) is 0 Å². The van der Waals surface area contributed by atoms with Gasteiger partial charge in [-0.3, -0.25) is 4.98 Å². The minimum atomic E-state index is 0.961. The van der Waals surface area contributed by atoms with Gasteiger partial charge in [0.15, 0.2) is 6.33 Å². The van der Waals surface area contributed by atoms with Crippen LogP contribution in [-0.4, -0.2) is 15.2 Å². The standard InChI is InChI=1S/C10H8N4/c1-2-4-9-8(3-1)11-7-14(9)10-5-6-12-13-10/h1-7H,(H,12,13)/p+1. The topological polar surface area (TPSA) is 48.4 Å². The molecule has 0 fully saturated rings. The van der Waals surface area contributed by atoms with E-state index in [1.54, 1.807) is 6.20 Å². The van der Waals surface area contributed by atoms with Gasteiger partial charge in [-0.25, -0.2) is 4.57 Å². The number of H-pyrrole nitrogens is 2. The van der Waals surface area contributed by atoms with Crippen molar-refractivity contribution in [3.63, 3.8) is 0 Å². The number of hydrogen-bond donors (Lipinski definition) is 2. The highest BCUT2D eigenvalue weighted by molar-refractivity contribution is 5.70. The molecule has 2 heterocycles. The first-order chi connectivity index (χ1) is 6.95. The molecule has 2 aromatic heterocycles. The van der Waals surface area contributed by atoms with Gasteiger partial charge >= 0.3 is 0 Å². The molecular weight excluding hydrogens is 176 g/mol. The van der Waals surface area contributed by atoms with Gasteiger partial charge < -0.3 is 0 Å². The Balaban J connectivity index is 2.33. The molecule has 3 aromatic rings. The number of aromatic nitrogens is 4. The fourth-order valence-electron chi connectivity index (χ4n) is 1.59. The lowest BCUT2D eigenvalue weighted by atomic mass is 10.3. The number of imidazole rings is 1. The van der Waals surface area contributed by atoms with E-state index in [1.165, 1.54) is 0 Å². The highest BCUT2D eigenvalue weighted by Gasteiger charge is 2.09. The van der Waals surface area contributed by atoms with Crippen LogP contribution in [0.15, 0.2) is 42.9 Å². The molecule has 0 aliphatic heterocycles. The average Bonchev–Trinajstić information content (AvgIpc) is 2.85. The molecule has 0 radical (unpaired) electrons. The molecule has 0 unspecified atom stereocenters. The van der Waals surface area contributed by atoms with Gasteiger partial charge in [0.2, 0.25) is 0 Å². The minimum Gasteiger partial charge on any atom is -0.276 e. The largest absolute Gasteiger partial charge is 0.276 e. The van der Waals surface area contributed by atoms with Crippen LogP contribution in [0.1, 0.15) is 0 Å². The van der Waals surface area contributed by atoms with Crippen LogP contribution >= 0.6 is 0 Å². The first-order valence-corrected chi connectivity index (χ1v) is 4.43. The van der Waals surface area contributed by atoms with Crippen LogP contribution < -0.4 is 4.57 Å². The number of aromatic amines is 2. The van der Waals surface area contributed by atoms with E-state index in [4.69, 9.17) is 0 Å². The summed E-state index contributed by atoms with van der Waals surface area (Å²) in [6, 6.07) is 10.1. The summed E-state index contributed by atoms with van der Waals surface area (Å²) < 4.78 is 2.03. The Morgan fingerprint density at radius 3 is 2.93 bits per heavy atom. The Morgan fingerprint density at radius 2 is 2.07 bits per heavy atom. The molecule has 0 aliphatic carbocycles. The van der Waals surface area contributed by atoms with Crippen molar-refractivity contribution < 1.29 is 4.57 Å². The van der Waals surface area contributed by atoms with E-state index < -0.39 is 0 Å². The molecule has 4 heteroatoms. The maximum absolute atomic E-state index is 3.93. The summed E-state index contributed by atoms with van der Waals surface area (Å²) in [7, 11) is 0. The molecule has 68 valence electrons. The normalized spacial score (nSPS) is 10.9. The summed E-state index contributed by atoms with van der Waals surface area (Å²) >= 11 is 0. The highest BCUT2D eigenvalue weighted by atomic mass is 15.2. The van der Waals surface area contributed by atoms with E-state index in [0.29, 0.717) is 0 Å². The monoisotopic (exact) mass is 185 g/mol. The molecule has 1 aromatic carbocycles. The molecule has 0 saturated carbocycles. The fourth-order valence-corrected chi connectivity index (χ4v) is 1.59. The third-order valence-electron chi connectivity index (χ3n) is 2.26. The van der Waals surface area contributed by atoms with Crippen molar-refractivity contribution in [3.8, 4) is 5.82 Å². The van der Waals surface area contributed by atoms with E-state index in [2.05, 4.69) is 21.2 Å². The zero-order chi connectivity index (χ0) is 9.38. The van der Waals surface area contributed by atoms with Gasteiger partial charge in [0.25, 0.3) is 5.82 Å². The molecule has 0 bridgehead atoms. The number of rotatable bonds is 1. The quantitative estimate of drug-likeness (QED) is 0.549. The zero-order valence-corrected chi connectivity index (χ0v) is 7.44. The predicted octanol–water partition coefficient (Wildman–Crippen LogP) is 1.17. The lowest BCUT2D eigenvalue weighted by Gasteiger charge is -1.90. The van der Waals surface area contributed by atoms with Crippen LogP contribution in [0, 0.1) is 0 Å². The lowest BCUT2D eigenvalue weighted by molar-refractivity contribution is -0.571. The molecule has 0 amide bonds. The van der Waals surface area contributed by atoms with Crippen molar-refractivity contribution in [1.29, 1.82) is 0 Å². The van der Waals surface area contributed by atoms with Gasteiger partial charge in [-0.1, -0.05) is 12.1 Å². The predicted molar refractivity (Wildman–Crippen MR) is 52.0 cm³/mol. The van der Waals surface area contributed by atoms with Crippen LogP contribution in [0.2, 0.25) is 0 Å². The van der Waals surface area contributed by atoms with Gasteiger partial charge in [-0.15, -0.1) is 5.10 Å². The van der Waals surface area contributed by atoms with Crippen LogP contribution in [0.3, 0.4) is 0 Å². The molecule has 0 spiro atoms. The van der Waals surface area contributed by atoms with Crippen molar-refractivity contribution >= 4 is 11.0 Å². The smallest absolute Gasteiger partial charge is 0.251 e. The second-order valence-corrected chi connectivity index (χ2v) is 3.10. The van der Waals surface area contributed by atoms with Gasteiger partial charge in [0, 0.05) is 6.07 Å². The third-order valence-corrected chi connectivity index (χ3v) is 2.26. The van der Waals surface area contributed by atoms with Gasteiger partial charge in [0.05, 0.1) is 6.20 Å². The number of nitrogens with zero attached hydrogens (tertiary/aromatic N) is 2. The Morgan fingerprint density at radius 1 is 1.14 bits per heavy atom. The number of nitrogens with one attached hydrogen (secondary N) is 2. The van der Waals surface area contributed by atoms with Crippen LogP contribution in [0.4, 0.5) is 0 Å². The lowest BCUT2D eigenvalue weighted by Crippen LogP contribution is -2.28. The minimum absolute atomic E-state index is 0.961. The Labute approximate surface area is 80.2 Å². The van der Waals surface area contributed by atoms with E-state index in [9.17, 15) is 0 Å². The fraction of sp³-hybridized carbons (Fsp3) is 0. The average molecular weight is 185 g/mol. The second kappa shape index (κ2) is 2.70. The molecular formula is C10H9N4+. The summed E-state index contributed by atoms with van der Waals surface area (Å²) in [5.74, 6) is 0.961. The van der Waals surface area contributed by atoms with E-state index in [1.807, 2.05) is 35.2 Å². The Hall–Kier alpha value is -2.10. The Bertz CT molecular complexity index is 550. The number of fused-ring (bicyclic) bond motifs is 1. The molecule has 2 N–H and O–H groups in total. The number of hydrogen-bond acceptors (Lipinski definition) is 1. The van der Waals surface area contributed by atoms with Gasteiger partial charge in [0.1, 0.15) is 11.0 Å². The SMILES string of the molecule is c1ccc2c(c1)[nH]c[n+]2-c1ccn[nH]1. The summed E-state index contributed by atoms with van der Waals surface area (Å²) in [4.78, 5) is 3.19. The van der Waals surface area contributed by atoms with E-state index in [-0.39, 0.29) is 0 Å². The van der Waals surface area contributed by atoms with Crippen molar-refractivity contribution in [1.82, 2.24) is 15.2 Å². The summed E-state index contributed by atoms with van der Waals surface area (Å²) in [6.45, 7) is 0. The van der Waals surface area contributed by atoms with Crippen molar-refractivity contribution in [2.75, 3.05) is 0 Å². The summed E-state index contributed by atoms with van der Waals surface area (Å²) in [5.41, 5.74) is 2.25. The van der Waals surface area contributed by atoms with Crippen molar-refractivity contribution in [3.05, 3.63) is 42.9 Å². The Kier molecular flexibility index (Phi) is 1.41. The van der Waals surface area contributed by atoms with Crippen molar-refractivity contribution in [2.45, 2.75) is 0 Å². The maximum atomic E-state index is 3.93. The summed E-state index contributed by atoms with van der Waals surface area (Å²) in [5, 5.41) is 6.85. The number of benzene rings is 1. The molecule has 4 nitrogen and oxygen atoms in total. The third kappa shape index (κ3) is 0.939. The van der Waals surface area contributed by atoms with Gasteiger partial charge in [-0.05, 0) is 12.1 Å². The van der Waals surface area contributed by atoms with Crippen molar-refractivity contribution in [2.24, 2.45) is 0 Å². The van der Waals surface area contributed by atoms with E-state index >= 15 is 0 Å². The van der Waals surface area contributed by atoms with Gasteiger partial charge in [-0.2, -0.15) is 5.10 Å². The molecule has 0 saturated heterocycles.